The predicted octanol–water partition coefficient (Wildman–Crippen LogP) is 0.814. The largest absolute Gasteiger partial charge is 0.453 e. The highest BCUT2D eigenvalue weighted by Crippen LogP contribution is 2.40. The van der Waals surface area contributed by atoms with E-state index >= 15 is 0 Å². The van der Waals surface area contributed by atoms with E-state index in [0.717, 1.165) is 19.4 Å². The van der Waals surface area contributed by atoms with Crippen LogP contribution in [0.5, 0.6) is 0 Å². The van der Waals surface area contributed by atoms with Gasteiger partial charge in [-0.2, -0.15) is 0 Å². The zero-order chi connectivity index (χ0) is 9.90. The Morgan fingerprint density at radius 3 is 2.54 bits per heavy atom. The topological polar surface area (TPSA) is 55.6 Å². The monoisotopic (exact) mass is 186 g/mol. The summed E-state index contributed by atoms with van der Waals surface area (Å²) in [6, 6.07) is 0. The molecule has 0 spiro atoms. The first-order chi connectivity index (χ1) is 6.13. The Kier molecular flexibility index (Phi) is 3.14. The first-order valence-corrected chi connectivity index (χ1v) is 4.63. The molecule has 1 fully saturated rings. The molecule has 0 aromatic rings. The molecule has 1 aliphatic rings. The number of carbonyl (C=O) groups is 1. The number of ether oxygens (including phenoxy) is 1. The van der Waals surface area contributed by atoms with Gasteiger partial charge < -0.3 is 15.4 Å². The average Bonchev–Trinajstić information content (AvgIpc) is 2.09. The van der Waals surface area contributed by atoms with E-state index in [-0.39, 0.29) is 11.5 Å². The summed E-state index contributed by atoms with van der Waals surface area (Å²) in [5.41, 5.74) is 5.85. The number of amides is 1. The molecule has 0 aromatic heterocycles. The summed E-state index contributed by atoms with van der Waals surface area (Å²) in [5, 5.41) is 0. The third-order valence-electron chi connectivity index (χ3n) is 2.91. The molecule has 0 saturated heterocycles. The Balaban J connectivity index is 2.42. The maximum absolute atomic E-state index is 11.1. The van der Waals surface area contributed by atoms with E-state index in [1.165, 1.54) is 13.5 Å². The average molecular weight is 186 g/mol. The van der Waals surface area contributed by atoms with Crippen molar-refractivity contribution >= 4 is 6.09 Å². The maximum Gasteiger partial charge on any atom is 0.409 e. The number of hydrogen-bond donors (Lipinski definition) is 1. The van der Waals surface area contributed by atoms with E-state index in [1.807, 2.05) is 0 Å². The maximum atomic E-state index is 11.1. The van der Waals surface area contributed by atoms with Crippen LogP contribution in [0.4, 0.5) is 4.79 Å². The van der Waals surface area contributed by atoms with Crippen molar-refractivity contribution in [3.8, 4) is 0 Å². The number of hydrogen-bond acceptors (Lipinski definition) is 3. The molecule has 0 radical (unpaired) electrons. The van der Waals surface area contributed by atoms with Crippen LogP contribution in [0.25, 0.3) is 0 Å². The Hall–Kier alpha value is -0.770. The molecular formula is C9H18N2O2. The van der Waals surface area contributed by atoms with Crippen LogP contribution in [0.2, 0.25) is 0 Å². The van der Waals surface area contributed by atoms with E-state index in [1.54, 1.807) is 11.9 Å². The molecule has 0 aliphatic heterocycles. The molecule has 1 rings (SSSR count). The van der Waals surface area contributed by atoms with E-state index in [9.17, 15) is 4.79 Å². The molecular weight excluding hydrogens is 168 g/mol. The highest BCUT2D eigenvalue weighted by atomic mass is 16.5. The zero-order valence-electron chi connectivity index (χ0n) is 8.38. The number of methoxy groups -OCH3 is 1. The van der Waals surface area contributed by atoms with Crippen LogP contribution in [0.1, 0.15) is 19.3 Å². The fraction of sp³-hybridized carbons (Fsp3) is 0.889. The van der Waals surface area contributed by atoms with Crippen molar-refractivity contribution in [1.82, 2.24) is 4.90 Å². The smallest absolute Gasteiger partial charge is 0.409 e. The lowest BCUT2D eigenvalue weighted by Crippen LogP contribution is -2.47. The van der Waals surface area contributed by atoms with E-state index in [0.29, 0.717) is 6.54 Å². The SMILES string of the molecule is COC(=O)N(C)CC1(CN)CCC1. The van der Waals surface area contributed by atoms with E-state index < -0.39 is 0 Å². The summed E-state index contributed by atoms with van der Waals surface area (Å²) in [6.45, 7) is 1.38. The molecule has 4 nitrogen and oxygen atoms in total. The second-order valence-electron chi connectivity index (χ2n) is 3.88. The first kappa shape index (κ1) is 10.3. The zero-order valence-corrected chi connectivity index (χ0v) is 8.38. The van der Waals surface area contributed by atoms with Gasteiger partial charge in [-0.3, -0.25) is 0 Å². The number of nitrogens with zero attached hydrogens (tertiary/aromatic N) is 1. The second-order valence-corrected chi connectivity index (χ2v) is 3.88. The van der Waals surface area contributed by atoms with Gasteiger partial charge in [-0.1, -0.05) is 6.42 Å². The minimum Gasteiger partial charge on any atom is -0.453 e. The number of carbonyl (C=O) groups excluding carboxylic acids is 1. The molecule has 0 aromatic carbocycles. The molecule has 76 valence electrons. The van der Waals surface area contributed by atoms with Gasteiger partial charge in [-0.15, -0.1) is 0 Å². The van der Waals surface area contributed by atoms with Gasteiger partial charge >= 0.3 is 6.09 Å². The van der Waals surface area contributed by atoms with Crippen LogP contribution in [0, 0.1) is 5.41 Å². The van der Waals surface area contributed by atoms with Crippen LogP contribution >= 0.6 is 0 Å². The molecule has 1 saturated carbocycles. The standard InChI is InChI=1S/C9H18N2O2/c1-11(8(12)13-2)7-9(6-10)4-3-5-9/h3-7,10H2,1-2H3. The predicted molar refractivity (Wildman–Crippen MR) is 50.4 cm³/mol. The minimum absolute atomic E-state index is 0.170. The lowest BCUT2D eigenvalue weighted by atomic mass is 9.68. The van der Waals surface area contributed by atoms with Gasteiger partial charge in [0.05, 0.1) is 7.11 Å². The van der Waals surface area contributed by atoms with E-state index in [2.05, 4.69) is 4.74 Å². The third kappa shape index (κ3) is 2.12. The fourth-order valence-electron chi connectivity index (χ4n) is 1.83. The van der Waals surface area contributed by atoms with Gasteiger partial charge in [0, 0.05) is 19.0 Å². The van der Waals surface area contributed by atoms with Crippen molar-refractivity contribution in [2.75, 3.05) is 27.2 Å². The molecule has 0 bridgehead atoms. The molecule has 0 atom stereocenters. The van der Waals surface area contributed by atoms with Crippen molar-refractivity contribution in [1.29, 1.82) is 0 Å². The minimum atomic E-state index is -0.278. The van der Waals surface area contributed by atoms with Gasteiger partial charge in [0.1, 0.15) is 0 Å². The summed E-state index contributed by atoms with van der Waals surface area (Å²) in [7, 11) is 3.15. The molecule has 2 N–H and O–H groups in total. The Bertz CT molecular complexity index is 185. The van der Waals surface area contributed by atoms with Gasteiger partial charge in [0.25, 0.3) is 0 Å². The van der Waals surface area contributed by atoms with Gasteiger partial charge in [-0.25, -0.2) is 4.79 Å². The normalized spacial score (nSPS) is 19.0. The third-order valence-corrected chi connectivity index (χ3v) is 2.91. The van der Waals surface area contributed by atoms with Gasteiger partial charge in [0.2, 0.25) is 0 Å². The molecule has 1 aliphatic carbocycles. The lowest BCUT2D eigenvalue weighted by Gasteiger charge is -2.43. The molecule has 0 heterocycles. The Morgan fingerprint density at radius 1 is 1.62 bits per heavy atom. The summed E-state index contributed by atoms with van der Waals surface area (Å²) >= 11 is 0. The fourth-order valence-corrected chi connectivity index (χ4v) is 1.83. The molecule has 13 heavy (non-hydrogen) atoms. The summed E-state index contributed by atoms with van der Waals surface area (Å²) in [5.74, 6) is 0. The van der Waals surface area contributed by atoms with Crippen LogP contribution in [0.15, 0.2) is 0 Å². The first-order valence-electron chi connectivity index (χ1n) is 4.63. The lowest BCUT2D eigenvalue weighted by molar-refractivity contribution is 0.0722. The second kappa shape index (κ2) is 3.96. The van der Waals surface area contributed by atoms with E-state index in [4.69, 9.17) is 5.73 Å². The van der Waals surface area contributed by atoms with Crippen molar-refractivity contribution in [3.63, 3.8) is 0 Å². The van der Waals surface area contributed by atoms with Crippen molar-refractivity contribution in [3.05, 3.63) is 0 Å². The molecule has 4 heteroatoms. The van der Waals surface area contributed by atoms with Crippen LogP contribution in [0.3, 0.4) is 0 Å². The highest BCUT2D eigenvalue weighted by Gasteiger charge is 2.37. The van der Waals surface area contributed by atoms with Crippen molar-refractivity contribution in [2.45, 2.75) is 19.3 Å². The quantitative estimate of drug-likeness (QED) is 0.709. The number of rotatable bonds is 3. The van der Waals surface area contributed by atoms with Crippen LogP contribution < -0.4 is 5.73 Å². The number of nitrogens with two attached hydrogens (primary N) is 1. The summed E-state index contributed by atoms with van der Waals surface area (Å²) in [4.78, 5) is 12.7. The van der Waals surface area contributed by atoms with Gasteiger partial charge in [0.15, 0.2) is 0 Å². The van der Waals surface area contributed by atoms with Gasteiger partial charge in [-0.05, 0) is 19.4 Å². The van der Waals surface area contributed by atoms with Crippen LogP contribution in [-0.4, -0.2) is 38.2 Å². The highest BCUT2D eigenvalue weighted by molar-refractivity contribution is 5.67. The Labute approximate surface area is 79.0 Å². The summed E-state index contributed by atoms with van der Waals surface area (Å²) in [6.07, 6.45) is 3.21. The van der Waals surface area contributed by atoms with Crippen molar-refractivity contribution in [2.24, 2.45) is 11.1 Å². The van der Waals surface area contributed by atoms with Crippen molar-refractivity contribution < 1.29 is 9.53 Å². The molecule has 0 unspecified atom stereocenters. The summed E-state index contributed by atoms with van der Waals surface area (Å²) < 4.78 is 4.62. The Morgan fingerprint density at radius 2 is 2.23 bits per heavy atom. The molecule has 1 amide bonds. The van der Waals surface area contributed by atoms with Crippen LogP contribution in [-0.2, 0) is 4.74 Å².